The largest absolute Gasteiger partial charge is 0.377 e. The Morgan fingerprint density at radius 2 is 1.22 bits per heavy atom. The lowest BCUT2D eigenvalue weighted by molar-refractivity contribution is -0.122. The molecule has 0 aliphatic heterocycles. The number of nitrogens with zero attached hydrogens (tertiary/aromatic N) is 6. The third-order valence-electron chi connectivity index (χ3n) is 5.81. The fraction of sp³-hybridized carbons (Fsp3) is 0.320. The number of imidazole rings is 2. The molecule has 2 atom stereocenters. The molecule has 0 bridgehead atoms. The summed E-state index contributed by atoms with van der Waals surface area (Å²) in [6, 6.07) is 7.54. The summed E-state index contributed by atoms with van der Waals surface area (Å²) in [5.41, 5.74) is 1.34. The van der Waals surface area contributed by atoms with E-state index in [1.807, 2.05) is 45.8 Å². The van der Waals surface area contributed by atoms with E-state index in [1.165, 1.54) is 0 Å². The lowest BCUT2D eigenvalue weighted by Gasteiger charge is -2.24. The van der Waals surface area contributed by atoms with Crippen LogP contribution in [0, 0.1) is 0 Å². The van der Waals surface area contributed by atoms with Gasteiger partial charge in [-0.15, -0.1) is 0 Å². The third kappa shape index (κ3) is 6.33. The molecule has 0 fully saturated rings. The van der Waals surface area contributed by atoms with E-state index < -0.39 is 11.8 Å². The van der Waals surface area contributed by atoms with Gasteiger partial charge in [0.1, 0.15) is 24.9 Å². The second kappa shape index (κ2) is 12.5. The third-order valence-corrected chi connectivity index (χ3v) is 6.75. The van der Waals surface area contributed by atoms with Crippen LogP contribution in [0.1, 0.15) is 34.9 Å². The fourth-order valence-corrected chi connectivity index (χ4v) is 4.50. The van der Waals surface area contributed by atoms with E-state index in [9.17, 15) is 4.79 Å². The van der Waals surface area contributed by atoms with Gasteiger partial charge < -0.3 is 18.6 Å². The van der Waals surface area contributed by atoms with Crippen molar-refractivity contribution in [1.82, 2.24) is 29.1 Å². The zero-order chi connectivity index (χ0) is 25.5. The minimum Gasteiger partial charge on any atom is -0.377 e. The Hall–Kier alpha value is -2.73. The number of methoxy groups -OCH3 is 2. The fourth-order valence-electron chi connectivity index (χ4n) is 4.03. The summed E-state index contributed by atoms with van der Waals surface area (Å²) in [6.45, 7) is 1.42. The standard InChI is InChI=1S/C25H26Br2N6O3/c1-35-15-23-28-7-9-32(23)13-19(21-5-3-17(26)11-30-21)25(34)20(22-6-4-18(27)12-31-22)14-33-10-8-29-24(33)16-36-2/h3-12,19-20H,13-16H2,1-2H3. The highest BCUT2D eigenvalue weighted by Crippen LogP contribution is 2.30. The van der Waals surface area contributed by atoms with E-state index in [0.717, 1.165) is 20.6 Å². The zero-order valence-corrected chi connectivity index (χ0v) is 23.1. The minimum atomic E-state index is -0.548. The van der Waals surface area contributed by atoms with Crippen molar-refractivity contribution in [3.05, 3.63) is 93.4 Å². The van der Waals surface area contributed by atoms with Crippen LogP contribution < -0.4 is 0 Å². The molecule has 0 aliphatic rings. The second-order valence-corrected chi connectivity index (χ2v) is 10.00. The molecule has 4 aromatic rings. The monoisotopic (exact) mass is 616 g/mol. The summed E-state index contributed by atoms with van der Waals surface area (Å²) >= 11 is 6.89. The zero-order valence-electron chi connectivity index (χ0n) is 19.9. The van der Waals surface area contributed by atoms with Crippen LogP contribution in [0.4, 0.5) is 0 Å². The van der Waals surface area contributed by atoms with E-state index in [2.05, 4.69) is 51.8 Å². The molecule has 0 saturated heterocycles. The number of pyridine rings is 2. The number of halogens is 2. The number of carbonyl (C=O) groups is 1. The highest BCUT2D eigenvalue weighted by molar-refractivity contribution is 9.10. The number of carbonyl (C=O) groups excluding carboxylic acids is 1. The maximum absolute atomic E-state index is 14.4. The smallest absolute Gasteiger partial charge is 0.154 e. The minimum absolute atomic E-state index is 0.00576. The molecule has 0 aromatic carbocycles. The Balaban J connectivity index is 1.75. The van der Waals surface area contributed by atoms with Gasteiger partial charge in [0.2, 0.25) is 0 Å². The van der Waals surface area contributed by atoms with E-state index in [0.29, 0.717) is 37.7 Å². The van der Waals surface area contributed by atoms with Crippen molar-refractivity contribution in [2.45, 2.75) is 38.1 Å². The molecule has 4 rings (SSSR count). The van der Waals surface area contributed by atoms with Gasteiger partial charge in [-0.1, -0.05) is 0 Å². The molecule has 11 heteroatoms. The Morgan fingerprint density at radius 1 is 0.778 bits per heavy atom. The van der Waals surface area contributed by atoms with Gasteiger partial charge in [-0.05, 0) is 56.1 Å². The van der Waals surface area contributed by atoms with Gasteiger partial charge in [-0.25, -0.2) is 9.97 Å². The van der Waals surface area contributed by atoms with Crippen molar-refractivity contribution in [1.29, 1.82) is 0 Å². The van der Waals surface area contributed by atoms with Crippen LogP contribution in [-0.4, -0.2) is 49.1 Å². The molecule has 36 heavy (non-hydrogen) atoms. The summed E-state index contributed by atoms with van der Waals surface area (Å²) in [7, 11) is 3.24. The molecule has 4 aromatic heterocycles. The van der Waals surface area contributed by atoms with Crippen molar-refractivity contribution < 1.29 is 14.3 Å². The predicted molar refractivity (Wildman–Crippen MR) is 140 cm³/mol. The molecule has 4 heterocycles. The Bertz CT molecular complexity index is 1180. The van der Waals surface area contributed by atoms with Crippen LogP contribution >= 0.6 is 31.9 Å². The molecule has 9 nitrogen and oxygen atoms in total. The molecule has 0 radical (unpaired) electrons. The highest BCUT2D eigenvalue weighted by Gasteiger charge is 2.33. The number of ketones is 1. The molecule has 188 valence electrons. The maximum atomic E-state index is 14.4. The van der Waals surface area contributed by atoms with Crippen LogP contribution in [0.2, 0.25) is 0 Å². The lowest BCUT2D eigenvalue weighted by Crippen LogP contribution is -2.29. The van der Waals surface area contributed by atoms with Crippen molar-refractivity contribution in [3.63, 3.8) is 0 Å². The van der Waals surface area contributed by atoms with E-state index in [-0.39, 0.29) is 5.78 Å². The molecular weight excluding hydrogens is 592 g/mol. The van der Waals surface area contributed by atoms with Crippen LogP contribution in [0.15, 0.2) is 70.4 Å². The molecule has 0 amide bonds. The average molecular weight is 618 g/mol. The van der Waals surface area contributed by atoms with Gasteiger partial charge in [0.15, 0.2) is 5.78 Å². The number of ether oxygens (including phenoxy) is 2. The number of aromatic nitrogens is 6. The topological polar surface area (TPSA) is 97.0 Å². The van der Waals surface area contributed by atoms with Gasteiger partial charge in [0.05, 0.1) is 23.2 Å². The number of hydrogen-bond donors (Lipinski definition) is 0. The first-order valence-corrected chi connectivity index (χ1v) is 12.8. The Kier molecular flexibility index (Phi) is 9.13. The summed E-state index contributed by atoms with van der Waals surface area (Å²) in [5, 5.41) is 0. The summed E-state index contributed by atoms with van der Waals surface area (Å²) in [5.74, 6) is 0.375. The summed E-state index contributed by atoms with van der Waals surface area (Å²) < 4.78 is 16.2. The number of rotatable bonds is 12. The quantitative estimate of drug-likeness (QED) is 0.230. The van der Waals surface area contributed by atoms with Gasteiger partial charge in [-0.2, -0.15) is 0 Å². The molecule has 2 unspecified atom stereocenters. The van der Waals surface area contributed by atoms with Crippen LogP contribution in [0.3, 0.4) is 0 Å². The molecule has 0 aliphatic carbocycles. The lowest BCUT2D eigenvalue weighted by atomic mass is 9.87. The number of hydrogen-bond acceptors (Lipinski definition) is 7. The van der Waals surface area contributed by atoms with E-state index in [4.69, 9.17) is 9.47 Å². The van der Waals surface area contributed by atoms with E-state index in [1.54, 1.807) is 39.0 Å². The maximum Gasteiger partial charge on any atom is 0.154 e. The van der Waals surface area contributed by atoms with Gasteiger partial charge in [0.25, 0.3) is 0 Å². The molecule has 0 saturated carbocycles. The van der Waals surface area contributed by atoms with Gasteiger partial charge >= 0.3 is 0 Å². The van der Waals surface area contributed by atoms with Crippen LogP contribution in [0.5, 0.6) is 0 Å². The Labute approximate surface area is 226 Å². The second-order valence-electron chi connectivity index (χ2n) is 8.17. The van der Waals surface area contributed by atoms with Crippen molar-refractivity contribution >= 4 is 37.6 Å². The summed E-state index contributed by atoms with van der Waals surface area (Å²) in [4.78, 5) is 32.3. The molecule has 0 N–H and O–H groups in total. The SMILES string of the molecule is COCc1nccn1CC(C(=O)C(Cn1ccnc1COC)c1ccc(Br)cn1)c1ccc(Br)cn1. The Morgan fingerprint density at radius 3 is 1.58 bits per heavy atom. The molecule has 0 spiro atoms. The van der Waals surface area contributed by atoms with E-state index >= 15 is 0 Å². The van der Waals surface area contributed by atoms with Crippen molar-refractivity contribution in [3.8, 4) is 0 Å². The first kappa shape index (κ1) is 26.3. The van der Waals surface area contributed by atoms with Gasteiger partial charge in [-0.3, -0.25) is 14.8 Å². The first-order valence-electron chi connectivity index (χ1n) is 11.2. The van der Waals surface area contributed by atoms with Crippen molar-refractivity contribution in [2.75, 3.05) is 14.2 Å². The van der Waals surface area contributed by atoms with Gasteiger partial charge in [0, 0.05) is 73.4 Å². The normalized spacial score (nSPS) is 13.0. The van der Waals surface area contributed by atoms with Crippen LogP contribution in [-0.2, 0) is 40.6 Å². The number of Topliss-reactive ketones (excluding diaryl/α,β-unsaturated/α-hetero) is 1. The average Bonchev–Trinajstić information content (AvgIpc) is 3.51. The highest BCUT2D eigenvalue weighted by atomic mass is 79.9. The molecular formula is C25H26Br2N6O3. The van der Waals surface area contributed by atoms with Crippen LogP contribution in [0.25, 0.3) is 0 Å². The summed E-state index contributed by atoms with van der Waals surface area (Å²) in [6.07, 6.45) is 10.5. The van der Waals surface area contributed by atoms with Crippen molar-refractivity contribution in [2.24, 2.45) is 0 Å². The predicted octanol–water partition coefficient (Wildman–Crippen LogP) is 4.52. The first-order chi connectivity index (χ1) is 17.5.